The maximum atomic E-state index is 12.2. The van der Waals surface area contributed by atoms with Crippen molar-refractivity contribution < 1.29 is 14.6 Å². The van der Waals surface area contributed by atoms with Gasteiger partial charge in [-0.15, -0.1) is 0 Å². The number of nitrogens with one attached hydrogen (secondary N) is 1. The number of phenols is 1. The number of anilines is 2. The fourth-order valence-electron chi connectivity index (χ4n) is 1.78. The first-order valence-corrected chi connectivity index (χ1v) is 6.23. The van der Waals surface area contributed by atoms with Crippen LogP contribution in [0.25, 0.3) is 0 Å². The number of benzene rings is 2. The Morgan fingerprint density at radius 1 is 1.30 bits per heavy atom. The summed E-state index contributed by atoms with van der Waals surface area (Å²) in [6.07, 6.45) is 0. The second kappa shape index (κ2) is 5.97. The number of rotatable bonds is 4. The van der Waals surface area contributed by atoms with Crippen molar-refractivity contribution in [1.29, 1.82) is 0 Å². The minimum absolute atomic E-state index is 0.0116. The van der Waals surface area contributed by atoms with E-state index in [1.807, 2.05) is 13.0 Å². The van der Waals surface area contributed by atoms with E-state index in [1.165, 1.54) is 18.2 Å². The van der Waals surface area contributed by atoms with Crippen molar-refractivity contribution >= 4 is 17.3 Å². The van der Waals surface area contributed by atoms with Crippen molar-refractivity contribution in [2.24, 2.45) is 0 Å². The number of para-hydroxylation sites is 2. The Morgan fingerprint density at radius 2 is 2.05 bits per heavy atom. The summed E-state index contributed by atoms with van der Waals surface area (Å²) in [6, 6.07) is 11.4. The highest BCUT2D eigenvalue weighted by molar-refractivity contribution is 6.08. The number of phenolic OH excluding ortho intramolecular Hbond substituents is 1. The van der Waals surface area contributed by atoms with Gasteiger partial charge in [0.15, 0.2) is 0 Å². The van der Waals surface area contributed by atoms with Crippen LogP contribution >= 0.6 is 0 Å². The van der Waals surface area contributed by atoms with Crippen molar-refractivity contribution in [2.75, 3.05) is 17.7 Å². The van der Waals surface area contributed by atoms with Crippen molar-refractivity contribution in [3.05, 3.63) is 48.0 Å². The molecule has 2 aromatic carbocycles. The van der Waals surface area contributed by atoms with Crippen LogP contribution < -0.4 is 15.8 Å². The third-order valence-corrected chi connectivity index (χ3v) is 2.72. The van der Waals surface area contributed by atoms with E-state index < -0.39 is 5.91 Å². The van der Waals surface area contributed by atoms with E-state index in [-0.39, 0.29) is 11.3 Å². The van der Waals surface area contributed by atoms with Crippen molar-refractivity contribution in [3.63, 3.8) is 0 Å². The molecule has 5 nitrogen and oxygen atoms in total. The van der Waals surface area contributed by atoms with Gasteiger partial charge in [0.1, 0.15) is 11.5 Å². The summed E-state index contributed by atoms with van der Waals surface area (Å²) < 4.78 is 5.43. The molecule has 0 fully saturated rings. The standard InChI is InChI=1S/C15H16N2O3/c1-2-20-14-6-4-3-5-13(14)17-15(19)11-9-10(18)7-8-12(11)16/h3-9,18H,2,16H2,1H3,(H,17,19). The molecular weight excluding hydrogens is 256 g/mol. The zero-order chi connectivity index (χ0) is 14.5. The maximum Gasteiger partial charge on any atom is 0.257 e. The molecule has 20 heavy (non-hydrogen) atoms. The first kappa shape index (κ1) is 13.7. The van der Waals surface area contributed by atoms with E-state index in [1.54, 1.807) is 18.2 Å². The van der Waals surface area contributed by atoms with Gasteiger partial charge in [-0.05, 0) is 37.3 Å². The van der Waals surface area contributed by atoms with Gasteiger partial charge in [-0.1, -0.05) is 12.1 Å². The second-order valence-electron chi connectivity index (χ2n) is 4.15. The SMILES string of the molecule is CCOc1ccccc1NC(=O)c1cc(O)ccc1N. The monoisotopic (exact) mass is 272 g/mol. The number of carbonyl (C=O) groups is 1. The predicted molar refractivity (Wildman–Crippen MR) is 78.1 cm³/mol. The number of aromatic hydroxyl groups is 1. The zero-order valence-electron chi connectivity index (χ0n) is 11.1. The van der Waals surface area contributed by atoms with Crippen molar-refractivity contribution in [3.8, 4) is 11.5 Å². The molecule has 0 aromatic heterocycles. The summed E-state index contributed by atoms with van der Waals surface area (Å²) >= 11 is 0. The quantitative estimate of drug-likeness (QED) is 0.590. The summed E-state index contributed by atoms with van der Waals surface area (Å²) in [5, 5.41) is 12.2. The van der Waals surface area contributed by atoms with Gasteiger partial charge in [-0.2, -0.15) is 0 Å². The first-order chi connectivity index (χ1) is 9.61. The highest BCUT2D eigenvalue weighted by Gasteiger charge is 2.13. The molecular formula is C15H16N2O3. The summed E-state index contributed by atoms with van der Waals surface area (Å²) in [6.45, 7) is 2.37. The van der Waals surface area contributed by atoms with Crippen LogP contribution in [0.5, 0.6) is 11.5 Å². The molecule has 0 heterocycles. The summed E-state index contributed by atoms with van der Waals surface area (Å²) in [4.78, 5) is 12.2. The van der Waals surface area contributed by atoms with Gasteiger partial charge in [-0.3, -0.25) is 4.79 Å². The van der Waals surface area contributed by atoms with Crippen molar-refractivity contribution in [2.45, 2.75) is 6.92 Å². The van der Waals surface area contributed by atoms with Crippen LogP contribution in [0.2, 0.25) is 0 Å². The van der Waals surface area contributed by atoms with E-state index in [9.17, 15) is 9.90 Å². The van der Waals surface area contributed by atoms with Gasteiger partial charge in [0.25, 0.3) is 5.91 Å². The molecule has 0 aliphatic rings. The predicted octanol–water partition coefficient (Wildman–Crippen LogP) is 2.63. The number of amides is 1. The van der Waals surface area contributed by atoms with Crippen LogP contribution in [0, 0.1) is 0 Å². The Hall–Kier alpha value is -2.69. The molecule has 1 amide bonds. The molecule has 2 aromatic rings. The van der Waals surface area contributed by atoms with Crippen molar-refractivity contribution in [1.82, 2.24) is 0 Å². The molecule has 0 unspecified atom stereocenters. The van der Waals surface area contributed by atoms with Crippen LogP contribution in [0.15, 0.2) is 42.5 Å². The lowest BCUT2D eigenvalue weighted by molar-refractivity contribution is 0.102. The molecule has 0 aliphatic heterocycles. The van der Waals surface area contributed by atoms with Crippen LogP contribution in [0.1, 0.15) is 17.3 Å². The Kier molecular flexibility index (Phi) is 4.10. The lowest BCUT2D eigenvalue weighted by atomic mass is 10.1. The largest absolute Gasteiger partial charge is 0.508 e. The van der Waals surface area contributed by atoms with Gasteiger partial charge in [-0.25, -0.2) is 0 Å². The topological polar surface area (TPSA) is 84.6 Å². The number of nitrogen functional groups attached to an aromatic ring is 1. The molecule has 0 bridgehead atoms. The molecule has 0 saturated heterocycles. The van der Waals surface area contributed by atoms with Crippen LogP contribution in [-0.2, 0) is 0 Å². The smallest absolute Gasteiger partial charge is 0.257 e. The fraction of sp³-hybridized carbons (Fsp3) is 0.133. The first-order valence-electron chi connectivity index (χ1n) is 6.23. The third kappa shape index (κ3) is 3.00. The molecule has 5 heteroatoms. The normalized spacial score (nSPS) is 10.1. The van der Waals surface area contributed by atoms with Gasteiger partial charge in [0, 0.05) is 5.69 Å². The molecule has 104 valence electrons. The number of ether oxygens (including phenoxy) is 1. The molecule has 0 aliphatic carbocycles. The molecule has 0 spiro atoms. The minimum atomic E-state index is -0.398. The highest BCUT2D eigenvalue weighted by Crippen LogP contribution is 2.26. The minimum Gasteiger partial charge on any atom is -0.508 e. The maximum absolute atomic E-state index is 12.2. The van der Waals surface area contributed by atoms with E-state index in [4.69, 9.17) is 10.5 Å². The van der Waals surface area contributed by atoms with Crippen LogP contribution in [0.4, 0.5) is 11.4 Å². The summed E-state index contributed by atoms with van der Waals surface area (Å²) in [7, 11) is 0. The van der Waals surface area contributed by atoms with Crippen LogP contribution in [-0.4, -0.2) is 17.6 Å². The lowest BCUT2D eigenvalue weighted by Crippen LogP contribution is -2.14. The number of nitrogens with two attached hydrogens (primary N) is 1. The average Bonchev–Trinajstić information content (AvgIpc) is 2.44. The lowest BCUT2D eigenvalue weighted by Gasteiger charge is -2.12. The van der Waals surface area contributed by atoms with E-state index in [2.05, 4.69) is 5.32 Å². The number of hydrogen-bond donors (Lipinski definition) is 3. The highest BCUT2D eigenvalue weighted by atomic mass is 16.5. The Bertz CT molecular complexity index is 626. The summed E-state index contributed by atoms with van der Waals surface area (Å²) in [5.74, 6) is 0.176. The molecule has 4 N–H and O–H groups in total. The zero-order valence-corrected chi connectivity index (χ0v) is 11.1. The molecule has 0 atom stereocenters. The van der Waals surface area contributed by atoms with Gasteiger partial charge < -0.3 is 20.9 Å². The molecule has 0 saturated carbocycles. The fourth-order valence-corrected chi connectivity index (χ4v) is 1.78. The Labute approximate surface area is 117 Å². The number of carbonyl (C=O) groups excluding carboxylic acids is 1. The Morgan fingerprint density at radius 3 is 2.80 bits per heavy atom. The van der Waals surface area contributed by atoms with Gasteiger partial charge >= 0.3 is 0 Å². The molecule has 0 radical (unpaired) electrons. The van der Waals surface area contributed by atoms with E-state index in [0.717, 1.165) is 0 Å². The van der Waals surface area contributed by atoms with Crippen LogP contribution in [0.3, 0.4) is 0 Å². The van der Waals surface area contributed by atoms with E-state index in [0.29, 0.717) is 23.7 Å². The molecule has 2 rings (SSSR count). The van der Waals surface area contributed by atoms with Gasteiger partial charge in [0.05, 0.1) is 17.9 Å². The average molecular weight is 272 g/mol. The Balaban J connectivity index is 2.26. The third-order valence-electron chi connectivity index (χ3n) is 2.72. The van der Waals surface area contributed by atoms with Gasteiger partial charge in [0.2, 0.25) is 0 Å². The second-order valence-corrected chi connectivity index (χ2v) is 4.15. The van der Waals surface area contributed by atoms with E-state index >= 15 is 0 Å². The number of hydrogen-bond acceptors (Lipinski definition) is 4. The summed E-state index contributed by atoms with van der Waals surface area (Å²) in [5.41, 5.74) is 6.81.